The van der Waals surface area contributed by atoms with Crippen molar-refractivity contribution in [3.05, 3.63) is 0 Å². The molecule has 0 amide bonds. The predicted molar refractivity (Wildman–Crippen MR) is 64.7 cm³/mol. The Morgan fingerprint density at radius 3 is 2.14 bits per heavy atom. The van der Waals surface area contributed by atoms with Crippen LogP contribution in [0, 0.1) is 0 Å². The van der Waals surface area contributed by atoms with Crippen LogP contribution in [-0.2, 0) is 11.0 Å². The van der Waals surface area contributed by atoms with E-state index in [-0.39, 0.29) is 4.75 Å². The van der Waals surface area contributed by atoms with Crippen molar-refractivity contribution in [2.75, 3.05) is 7.05 Å². The zero-order valence-corrected chi connectivity index (χ0v) is 10.7. The lowest BCUT2D eigenvalue weighted by molar-refractivity contribution is 0.650. The third-order valence-corrected chi connectivity index (χ3v) is 3.25. The van der Waals surface area contributed by atoms with Gasteiger partial charge in [-0.2, -0.15) is 4.40 Å². The summed E-state index contributed by atoms with van der Waals surface area (Å²) in [5, 5.41) is 0. The van der Waals surface area contributed by atoms with E-state index in [0.29, 0.717) is 0 Å². The van der Waals surface area contributed by atoms with Crippen molar-refractivity contribution in [3.8, 4) is 0 Å². The van der Waals surface area contributed by atoms with Gasteiger partial charge in [-0.1, -0.05) is 6.92 Å². The minimum absolute atomic E-state index is 0.298. The van der Waals surface area contributed by atoms with Gasteiger partial charge in [0.2, 0.25) is 0 Å². The van der Waals surface area contributed by atoms with Crippen LogP contribution in [0.25, 0.3) is 0 Å². The molecule has 3 nitrogen and oxygen atoms in total. The van der Waals surface area contributed by atoms with Crippen LogP contribution < -0.4 is 0 Å². The van der Waals surface area contributed by atoms with E-state index in [2.05, 4.69) is 9.39 Å². The first-order valence-corrected chi connectivity index (χ1v) is 5.87. The molecule has 0 saturated heterocycles. The van der Waals surface area contributed by atoms with E-state index < -0.39 is 11.0 Å². The lowest BCUT2D eigenvalue weighted by Gasteiger charge is -2.14. The molecule has 0 aliphatic rings. The Kier molecular flexibility index (Phi) is 5.19. The van der Waals surface area contributed by atoms with E-state index >= 15 is 0 Å². The molecule has 0 aromatic rings. The fourth-order valence-electron chi connectivity index (χ4n) is 0.890. The molecule has 0 fully saturated rings. The SMILES string of the molecule is CCC(=NC)C(C)=NS(=O)C(C)(C)C. The van der Waals surface area contributed by atoms with E-state index in [1.807, 2.05) is 34.6 Å². The van der Waals surface area contributed by atoms with Crippen molar-refractivity contribution in [2.45, 2.75) is 45.8 Å². The molecule has 0 bridgehead atoms. The summed E-state index contributed by atoms with van der Waals surface area (Å²) in [5.74, 6) is 0. The molecular weight excluding hydrogens is 196 g/mol. The van der Waals surface area contributed by atoms with Crippen LogP contribution in [0.5, 0.6) is 0 Å². The average molecular weight is 216 g/mol. The molecule has 0 aromatic carbocycles. The first-order chi connectivity index (χ1) is 6.32. The van der Waals surface area contributed by atoms with E-state index in [1.165, 1.54) is 0 Å². The molecule has 0 rings (SSSR count). The largest absolute Gasteiger partial charge is 0.291 e. The molecule has 0 aliphatic carbocycles. The molecule has 0 radical (unpaired) electrons. The minimum Gasteiger partial charge on any atom is -0.291 e. The lowest BCUT2D eigenvalue weighted by Crippen LogP contribution is -2.22. The van der Waals surface area contributed by atoms with E-state index in [0.717, 1.165) is 17.8 Å². The highest BCUT2D eigenvalue weighted by atomic mass is 32.2. The first-order valence-electron chi connectivity index (χ1n) is 4.76. The van der Waals surface area contributed by atoms with Gasteiger partial charge in [0.05, 0.1) is 16.2 Å². The third-order valence-electron chi connectivity index (χ3n) is 1.77. The van der Waals surface area contributed by atoms with Crippen LogP contribution in [-0.4, -0.2) is 27.4 Å². The zero-order valence-electron chi connectivity index (χ0n) is 9.92. The van der Waals surface area contributed by atoms with Gasteiger partial charge in [0.1, 0.15) is 11.0 Å². The van der Waals surface area contributed by atoms with Gasteiger partial charge in [-0.05, 0) is 34.1 Å². The van der Waals surface area contributed by atoms with Crippen LogP contribution >= 0.6 is 0 Å². The molecule has 0 heterocycles. The fourth-order valence-corrected chi connectivity index (χ4v) is 1.52. The maximum Gasteiger partial charge on any atom is 0.145 e. The highest BCUT2D eigenvalue weighted by Gasteiger charge is 2.19. The highest BCUT2D eigenvalue weighted by molar-refractivity contribution is 7.85. The van der Waals surface area contributed by atoms with Crippen molar-refractivity contribution in [1.29, 1.82) is 0 Å². The van der Waals surface area contributed by atoms with Crippen molar-refractivity contribution in [2.24, 2.45) is 9.39 Å². The van der Waals surface area contributed by atoms with Gasteiger partial charge in [-0.25, -0.2) is 4.21 Å². The second-order valence-corrected chi connectivity index (χ2v) is 5.97. The Labute approximate surface area is 89.3 Å². The number of nitrogens with zero attached hydrogens (tertiary/aromatic N) is 2. The monoisotopic (exact) mass is 216 g/mol. The maximum atomic E-state index is 11.7. The zero-order chi connectivity index (χ0) is 11.4. The van der Waals surface area contributed by atoms with Gasteiger partial charge in [-0.15, -0.1) is 0 Å². The summed E-state index contributed by atoms with van der Waals surface area (Å²) >= 11 is 0. The number of hydrogen-bond donors (Lipinski definition) is 0. The Bertz CT molecular complexity index is 274. The fraction of sp³-hybridized carbons (Fsp3) is 0.800. The molecule has 1 atom stereocenters. The van der Waals surface area contributed by atoms with E-state index in [4.69, 9.17) is 0 Å². The minimum atomic E-state index is -1.18. The normalized spacial score (nSPS) is 17.0. The topological polar surface area (TPSA) is 41.8 Å². The van der Waals surface area contributed by atoms with Gasteiger partial charge in [0, 0.05) is 7.05 Å². The number of rotatable bonds is 3. The standard InChI is InChI=1S/C10H20N2OS/c1-7-9(11-6)8(2)12-14(13)10(3,4)5/h7H2,1-6H3. The third kappa shape index (κ3) is 4.13. The summed E-state index contributed by atoms with van der Waals surface area (Å²) in [6.07, 6.45) is 0.827. The van der Waals surface area contributed by atoms with Gasteiger partial charge >= 0.3 is 0 Å². The quantitative estimate of drug-likeness (QED) is 0.668. The van der Waals surface area contributed by atoms with Crippen LogP contribution in [0.2, 0.25) is 0 Å². The molecule has 4 heteroatoms. The van der Waals surface area contributed by atoms with E-state index in [1.54, 1.807) is 7.05 Å². The number of hydrogen-bond acceptors (Lipinski definition) is 2. The summed E-state index contributed by atoms with van der Waals surface area (Å²) in [6.45, 7) is 9.61. The second kappa shape index (κ2) is 5.39. The Morgan fingerprint density at radius 2 is 1.86 bits per heavy atom. The molecule has 0 N–H and O–H groups in total. The Morgan fingerprint density at radius 1 is 1.36 bits per heavy atom. The van der Waals surface area contributed by atoms with Crippen molar-refractivity contribution in [3.63, 3.8) is 0 Å². The summed E-state index contributed by atoms with van der Waals surface area (Å²) in [4.78, 5) is 4.09. The Hall–Kier alpha value is -0.510. The summed E-state index contributed by atoms with van der Waals surface area (Å²) in [5.41, 5.74) is 1.70. The van der Waals surface area contributed by atoms with Crippen LogP contribution in [0.3, 0.4) is 0 Å². The molecular formula is C10H20N2OS. The summed E-state index contributed by atoms with van der Waals surface area (Å²) in [7, 11) is 0.550. The van der Waals surface area contributed by atoms with E-state index in [9.17, 15) is 4.21 Å². The van der Waals surface area contributed by atoms with Crippen molar-refractivity contribution in [1.82, 2.24) is 0 Å². The average Bonchev–Trinajstić information content (AvgIpc) is 2.04. The van der Waals surface area contributed by atoms with Crippen LogP contribution in [0.4, 0.5) is 0 Å². The van der Waals surface area contributed by atoms with Gasteiger partial charge < -0.3 is 0 Å². The maximum absolute atomic E-state index is 11.7. The molecule has 1 unspecified atom stereocenters. The van der Waals surface area contributed by atoms with Crippen molar-refractivity contribution < 1.29 is 4.21 Å². The van der Waals surface area contributed by atoms with Gasteiger partial charge in [0.15, 0.2) is 0 Å². The molecule has 0 spiro atoms. The van der Waals surface area contributed by atoms with Gasteiger partial charge in [0.25, 0.3) is 0 Å². The molecule has 82 valence electrons. The lowest BCUT2D eigenvalue weighted by atomic mass is 10.2. The van der Waals surface area contributed by atoms with Crippen molar-refractivity contribution >= 4 is 22.4 Å². The first kappa shape index (κ1) is 13.5. The summed E-state index contributed by atoms with van der Waals surface area (Å²) < 4.78 is 15.5. The molecule has 0 saturated carbocycles. The second-order valence-electron chi connectivity index (χ2n) is 4.06. The molecule has 0 aliphatic heterocycles. The highest BCUT2D eigenvalue weighted by Crippen LogP contribution is 2.12. The Balaban J connectivity index is 4.78. The number of aliphatic imine (C=N–C) groups is 1. The predicted octanol–water partition coefficient (Wildman–Crippen LogP) is 2.39. The van der Waals surface area contributed by atoms with Gasteiger partial charge in [-0.3, -0.25) is 4.99 Å². The van der Waals surface area contributed by atoms with Crippen LogP contribution in [0.1, 0.15) is 41.0 Å². The molecule has 14 heavy (non-hydrogen) atoms. The molecule has 0 aromatic heterocycles. The summed E-state index contributed by atoms with van der Waals surface area (Å²) in [6, 6.07) is 0. The van der Waals surface area contributed by atoms with Crippen LogP contribution in [0.15, 0.2) is 9.39 Å². The smallest absolute Gasteiger partial charge is 0.145 e.